The molecule has 1 aromatic carbocycles. The molecule has 6 nitrogen and oxygen atoms in total. The number of hydrogen-bond donors (Lipinski definition) is 2. The minimum absolute atomic E-state index is 0.0488. The predicted molar refractivity (Wildman–Crippen MR) is 80.3 cm³/mol. The Hall–Kier alpha value is -1.44. The highest BCUT2D eigenvalue weighted by Gasteiger charge is 2.06. The zero-order valence-corrected chi connectivity index (χ0v) is 13.0. The third-order valence-corrected chi connectivity index (χ3v) is 3.74. The van der Waals surface area contributed by atoms with Crippen molar-refractivity contribution >= 4 is 15.9 Å². The van der Waals surface area contributed by atoms with E-state index >= 15 is 0 Å². The zero-order valence-electron chi connectivity index (χ0n) is 12.2. The number of benzene rings is 1. The Labute approximate surface area is 125 Å². The van der Waals surface area contributed by atoms with E-state index in [9.17, 15) is 13.2 Å². The summed E-state index contributed by atoms with van der Waals surface area (Å²) in [4.78, 5) is 11.6. The normalized spacial score (nSPS) is 11.3. The lowest BCUT2D eigenvalue weighted by Crippen LogP contribution is -2.26. The summed E-state index contributed by atoms with van der Waals surface area (Å²) in [5, 5.41) is 7.81. The number of sulfonamides is 1. The lowest BCUT2D eigenvalue weighted by atomic mass is 10.1. The van der Waals surface area contributed by atoms with E-state index in [1.165, 1.54) is 12.1 Å². The molecule has 0 aliphatic carbocycles. The molecule has 0 heterocycles. The highest BCUT2D eigenvalue weighted by Crippen LogP contribution is 2.08. The van der Waals surface area contributed by atoms with Gasteiger partial charge in [0.25, 0.3) is 0 Å². The summed E-state index contributed by atoms with van der Waals surface area (Å²) in [7, 11) is -3.65. The maximum absolute atomic E-state index is 11.5. The van der Waals surface area contributed by atoms with Crippen LogP contribution in [0.25, 0.3) is 0 Å². The van der Waals surface area contributed by atoms with Crippen LogP contribution in [0.15, 0.2) is 29.2 Å². The van der Waals surface area contributed by atoms with Crippen LogP contribution in [0, 0.1) is 0 Å². The first-order chi connectivity index (χ1) is 9.93. The fourth-order valence-corrected chi connectivity index (χ4v) is 2.21. The highest BCUT2D eigenvalue weighted by molar-refractivity contribution is 7.89. The monoisotopic (exact) mass is 314 g/mol. The molecule has 0 bridgehead atoms. The summed E-state index contributed by atoms with van der Waals surface area (Å²) in [6.45, 7) is 3.62. The molecule has 0 unspecified atom stereocenters. The molecule has 7 heteroatoms. The van der Waals surface area contributed by atoms with E-state index in [0.29, 0.717) is 32.6 Å². The molecule has 0 aromatic heterocycles. The average molecular weight is 314 g/mol. The fraction of sp³-hybridized carbons (Fsp3) is 0.500. The molecule has 1 aromatic rings. The number of rotatable bonds is 9. The number of primary sulfonamides is 1. The molecule has 0 radical (unpaired) electrons. The lowest BCUT2D eigenvalue weighted by molar-refractivity contribution is -0.122. The average Bonchev–Trinajstić information content (AvgIpc) is 2.43. The van der Waals surface area contributed by atoms with Crippen LogP contribution in [0.1, 0.15) is 25.3 Å². The van der Waals surface area contributed by atoms with Gasteiger partial charge in [-0.3, -0.25) is 4.79 Å². The Bertz CT molecular complexity index is 541. The summed E-state index contributed by atoms with van der Waals surface area (Å²) in [6, 6.07) is 6.31. The molecule has 0 aliphatic heterocycles. The van der Waals surface area contributed by atoms with Gasteiger partial charge in [-0.25, -0.2) is 13.6 Å². The van der Waals surface area contributed by atoms with Gasteiger partial charge in [-0.15, -0.1) is 0 Å². The van der Waals surface area contributed by atoms with Crippen molar-refractivity contribution in [2.75, 3.05) is 19.8 Å². The summed E-state index contributed by atoms with van der Waals surface area (Å²) < 4.78 is 27.4. The van der Waals surface area contributed by atoms with E-state index in [1.807, 2.05) is 6.92 Å². The van der Waals surface area contributed by atoms with E-state index in [1.54, 1.807) is 12.1 Å². The number of nitrogens with one attached hydrogen (secondary N) is 1. The van der Waals surface area contributed by atoms with Gasteiger partial charge in [0.05, 0.1) is 11.5 Å². The standard InChI is InChI=1S/C14H22N2O4S/c1-2-10-20-11-8-14(17)16-9-7-12-3-5-13(6-4-12)21(15,18)19/h3-6H,2,7-11H2,1H3,(H,16,17)(H2,15,18,19). The van der Waals surface area contributed by atoms with Crippen molar-refractivity contribution in [3.8, 4) is 0 Å². The lowest BCUT2D eigenvalue weighted by Gasteiger charge is -2.06. The molecule has 3 N–H and O–H groups in total. The Balaban J connectivity index is 2.28. The molecule has 118 valence electrons. The van der Waals surface area contributed by atoms with E-state index in [0.717, 1.165) is 12.0 Å². The van der Waals surface area contributed by atoms with Crippen molar-refractivity contribution in [3.63, 3.8) is 0 Å². The van der Waals surface area contributed by atoms with E-state index < -0.39 is 10.0 Å². The van der Waals surface area contributed by atoms with Gasteiger partial charge in [-0.1, -0.05) is 19.1 Å². The van der Waals surface area contributed by atoms with Crippen molar-refractivity contribution in [2.45, 2.75) is 31.1 Å². The molecule has 0 aliphatic rings. The predicted octanol–water partition coefficient (Wildman–Crippen LogP) is 0.809. The third kappa shape index (κ3) is 7.22. The Morgan fingerprint density at radius 2 is 1.90 bits per heavy atom. The van der Waals surface area contributed by atoms with E-state index in [2.05, 4.69) is 5.32 Å². The van der Waals surface area contributed by atoms with Crippen LogP contribution in [0.3, 0.4) is 0 Å². The summed E-state index contributed by atoms with van der Waals surface area (Å²) in [5.41, 5.74) is 0.935. The maximum Gasteiger partial charge on any atom is 0.238 e. The molecule has 0 spiro atoms. The van der Waals surface area contributed by atoms with Crippen LogP contribution in [0.2, 0.25) is 0 Å². The first kappa shape index (κ1) is 17.6. The van der Waals surface area contributed by atoms with Crippen LogP contribution < -0.4 is 10.5 Å². The van der Waals surface area contributed by atoms with Gasteiger partial charge in [0.1, 0.15) is 0 Å². The van der Waals surface area contributed by atoms with Crippen LogP contribution in [-0.2, 0) is 26.0 Å². The van der Waals surface area contributed by atoms with Crippen LogP contribution >= 0.6 is 0 Å². The van der Waals surface area contributed by atoms with Gasteiger partial charge < -0.3 is 10.1 Å². The Kier molecular flexibility index (Phi) is 7.35. The van der Waals surface area contributed by atoms with Crippen molar-refractivity contribution in [1.82, 2.24) is 5.32 Å². The van der Waals surface area contributed by atoms with Crippen LogP contribution in [0.5, 0.6) is 0 Å². The topological polar surface area (TPSA) is 98.5 Å². The molecule has 1 amide bonds. The summed E-state index contributed by atoms with van der Waals surface area (Å²) in [5.74, 6) is -0.0488. The van der Waals surface area contributed by atoms with Crippen molar-refractivity contribution < 1.29 is 17.9 Å². The first-order valence-electron chi connectivity index (χ1n) is 6.89. The molecule has 1 rings (SSSR count). The van der Waals surface area contributed by atoms with Gasteiger partial charge in [0.2, 0.25) is 15.9 Å². The van der Waals surface area contributed by atoms with Crippen molar-refractivity contribution in [2.24, 2.45) is 5.14 Å². The van der Waals surface area contributed by atoms with E-state index in [4.69, 9.17) is 9.88 Å². The minimum atomic E-state index is -3.65. The second-order valence-electron chi connectivity index (χ2n) is 4.65. The van der Waals surface area contributed by atoms with Gasteiger partial charge in [-0.05, 0) is 30.5 Å². The maximum atomic E-state index is 11.5. The van der Waals surface area contributed by atoms with Gasteiger partial charge >= 0.3 is 0 Å². The number of ether oxygens (including phenoxy) is 1. The molecule has 0 fully saturated rings. The zero-order chi connectivity index (χ0) is 15.7. The number of hydrogen-bond acceptors (Lipinski definition) is 4. The second kappa shape index (κ2) is 8.76. The number of carbonyl (C=O) groups is 1. The summed E-state index contributed by atoms with van der Waals surface area (Å²) >= 11 is 0. The third-order valence-electron chi connectivity index (χ3n) is 2.81. The van der Waals surface area contributed by atoms with Crippen LogP contribution in [0.4, 0.5) is 0 Å². The smallest absolute Gasteiger partial charge is 0.238 e. The van der Waals surface area contributed by atoms with E-state index in [-0.39, 0.29) is 10.8 Å². The Morgan fingerprint density at radius 3 is 2.48 bits per heavy atom. The van der Waals surface area contributed by atoms with Crippen molar-refractivity contribution in [3.05, 3.63) is 29.8 Å². The van der Waals surface area contributed by atoms with Gasteiger partial charge in [0, 0.05) is 19.6 Å². The van der Waals surface area contributed by atoms with Gasteiger partial charge in [-0.2, -0.15) is 0 Å². The van der Waals surface area contributed by atoms with Crippen LogP contribution in [-0.4, -0.2) is 34.1 Å². The molecule has 0 atom stereocenters. The largest absolute Gasteiger partial charge is 0.381 e. The second-order valence-corrected chi connectivity index (χ2v) is 6.21. The van der Waals surface area contributed by atoms with Crippen molar-refractivity contribution in [1.29, 1.82) is 0 Å². The Morgan fingerprint density at radius 1 is 1.24 bits per heavy atom. The minimum Gasteiger partial charge on any atom is -0.381 e. The number of nitrogens with two attached hydrogens (primary N) is 1. The molecule has 0 saturated carbocycles. The number of amides is 1. The number of carbonyl (C=O) groups excluding carboxylic acids is 1. The molecular weight excluding hydrogens is 292 g/mol. The first-order valence-corrected chi connectivity index (χ1v) is 8.44. The summed E-state index contributed by atoms with van der Waals surface area (Å²) in [6.07, 6.45) is 1.92. The highest BCUT2D eigenvalue weighted by atomic mass is 32.2. The molecule has 21 heavy (non-hydrogen) atoms. The molecular formula is C14H22N2O4S. The fourth-order valence-electron chi connectivity index (χ4n) is 1.69. The quantitative estimate of drug-likeness (QED) is 0.659. The molecule has 0 saturated heterocycles. The SMILES string of the molecule is CCCOCCC(=O)NCCc1ccc(S(N)(=O)=O)cc1. The van der Waals surface area contributed by atoms with Gasteiger partial charge in [0.15, 0.2) is 0 Å².